The van der Waals surface area contributed by atoms with Gasteiger partial charge in [-0.05, 0) is 66.8 Å². The predicted octanol–water partition coefficient (Wildman–Crippen LogP) is 6.38. The number of halogens is 5. The van der Waals surface area contributed by atoms with Crippen LogP contribution in [0.4, 0.5) is 8.78 Å². The van der Waals surface area contributed by atoms with E-state index in [0.717, 1.165) is 6.07 Å². The Morgan fingerprint density at radius 1 is 0.926 bits per heavy atom. The lowest BCUT2D eigenvalue weighted by Gasteiger charge is -2.03. The van der Waals surface area contributed by atoms with Gasteiger partial charge in [-0.1, -0.05) is 12.1 Å². The minimum absolute atomic E-state index is 0.247. The number of hydrogen-bond acceptors (Lipinski definition) is 4. The molecule has 0 aliphatic carbocycles. The standard InChI is InChI=1S/C9H8FIO2.C9H9FO2.I2/c1-2-13-9(12)6-4-3-5-7(10)8(6)11;1-2-12-9(11)7-4-3-5-8(10)6-7;1-2/h3-5H,2H2,1H3;3-6H,2H2,1H3;. The van der Waals surface area contributed by atoms with Gasteiger partial charge in [-0.3, -0.25) is 0 Å². The average Bonchev–Trinajstić information content (AvgIpc) is 2.66. The van der Waals surface area contributed by atoms with Crippen molar-refractivity contribution >= 4 is 71.8 Å². The maximum absolute atomic E-state index is 13.0. The monoisotopic (exact) mass is 716 g/mol. The van der Waals surface area contributed by atoms with Crippen LogP contribution in [-0.4, -0.2) is 25.2 Å². The molecule has 0 atom stereocenters. The second-order valence-corrected chi connectivity index (χ2v) is 5.63. The third kappa shape index (κ3) is 9.96. The Morgan fingerprint density at radius 2 is 1.48 bits per heavy atom. The maximum atomic E-state index is 13.0. The van der Waals surface area contributed by atoms with Gasteiger partial charge in [-0.2, -0.15) is 0 Å². The summed E-state index contributed by atoms with van der Waals surface area (Å²) in [5.74, 6) is -1.80. The van der Waals surface area contributed by atoms with E-state index in [1.165, 1.54) is 30.3 Å². The number of carbonyl (C=O) groups excluding carboxylic acids is 2. The number of benzene rings is 2. The van der Waals surface area contributed by atoms with Gasteiger partial charge in [0.1, 0.15) is 11.6 Å². The van der Waals surface area contributed by atoms with E-state index < -0.39 is 23.6 Å². The van der Waals surface area contributed by atoms with E-state index in [4.69, 9.17) is 4.74 Å². The fourth-order valence-corrected chi connectivity index (χ4v) is 2.28. The summed E-state index contributed by atoms with van der Waals surface area (Å²) < 4.78 is 35.3. The largest absolute Gasteiger partial charge is 0.462 e. The Balaban J connectivity index is 0.000000460. The van der Waals surface area contributed by atoms with E-state index in [1.807, 2.05) is 0 Å². The number of hydrogen-bond donors (Lipinski definition) is 0. The summed E-state index contributed by atoms with van der Waals surface area (Å²) in [6, 6.07) is 9.76. The minimum atomic E-state index is -0.489. The van der Waals surface area contributed by atoms with Crippen LogP contribution in [0.5, 0.6) is 0 Å². The van der Waals surface area contributed by atoms with Gasteiger partial charge >= 0.3 is 11.9 Å². The highest BCUT2D eigenvalue weighted by atomic mass is 128. The van der Waals surface area contributed by atoms with Crippen LogP contribution in [0.25, 0.3) is 0 Å². The Morgan fingerprint density at radius 3 is 2.04 bits per heavy atom. The Bertz CT molecular complexity index is 742. The van der Waals surface area contributed by atoms with Crippen LogP contribution in [-0.2, 0) is 9.47 Å². The SMILES string of the molecule is CCOC(=O)c1cccc(F)c1.CCOC(=O)c1cccc(F)c1I.II. The molecule has 0 saturated heterocycles. The zero-order chi connectivity index (χ0) is 20.8. The number of carbonyl (C=O) groups is 2. The van der Waals surface area contributed by atoms with Crippen LogP contribution in [0.15, 0.2) is 42.5 Å². The summed E-state index contributed by atoms with van der Waals surface area (Å²) in [5.41, 5.74) is 0.527. The molecule has 0 heterocycles. The van der Waals surface area contributed by atoms with E-state index in [2.05, 4.69) is 42.0 Å². The van der Waals surface area contributed by atoms with E-state index in [0.29, 0.717) is 16.8 Å². The summed E-state index contributed by atoms with van der Waals surface area (Å²) in [6.45, 7) is 4.02. The maximum Gasteiger partial charge on any atom is 0.339 e. The summed E-state index contributed by atoms with van der Waals surface area (Å²) in [7, 11) is 0. The van der Waals surface area contributed by atoms with Gasteiger partial charge in [0.05, 0.1) is 27.9 Å². The second-order valence-electron chi connectivity index (χ2n) is 4.55. The molecule has 0 N–H and O–H groups in total. The van der Waals surface area contributed by atoms with Gasteiger partial charge in [0, 0.05) is 37.2 Å². The normalized spacial score (nSPS) is 9.15. The molecule has 0 saturated carbocycles. The molecule has 27 heavy (non-hydrogen) atoms. The van der Waals surface area contributed by atoms with E-state index in [1.54, 1.807) is 42.5 Å². The molecule has 0 aliphatic heterocycles. The lowest BCUT2D eigenvalue weighted by Crippen LogP contribution is -2.07. The predicted molar refractivity (Wildman–Crippen MR) is 125 cm³/mol. The van der Waals surface area contributed by atoms with Crippen molar-refractivity contribution in [1.29, 1.82) is 0 Å². The zero-order valence-electron chi connectivity index (χ0n) is 14.5. The molecule has 0 aromatic heterocycles. The summed E-state index contributed by atoms with van der Waals surface area (Å²) in [6.07, 6.45) is 0. The first kappa shape index (κ1) is 26.4. The third-order valence-electron chi connectivity index (χ3n) is 2.78. The van der Waals surface area contributed by atoms with Gasteiger partial charge in [-0.15, -0.1) is 0 Å². The highest BCUT2D eigenvalue weighted by molar-refractivity contribution is 15.0. The van der Waals surface area contributed by atoms with Gasteiger partial charge in [0.25, 0.3) is 0 Å². The van der Waals surface area contributed by atoms with E-state index >= 15 is 0 Å². The van der Waals surface area contributed by atoms with Crippen LogP contribution in [0.1, 0.15) is 34.6 Å². The lowest BCUT2D eigenvalue weighted by molar-refractivity contribution is 0.0515. The van der Waals surface area contributed by atoms with Gasteiger partial charge in [0.2, 0.25) is 0 Å². The molecular formula is C18H17F2I3O4. The molecule has 0 bridgehead atoms. The van der Waals surface area contributed by atoms with Gasteiger partial charge < -0.3 is 9.47 Å². The van der Waals surface area contributed by atoms with E-state index in [9.17, 15) is 18.4 Å². The van der Waals surface area contributed by atoms with Crippen LogP contribution in [0, 0.1) is 15.2 Å². The van der Waals surface area contributed by atoms with Crippen molar-refractivity contribution in [3.8, 4) is 0 Å². The highest BCUT2D eigenvalue weighted by Crippen LogP contribution is 2.16. The van der Waals surface area contributed by atoms with Crippen LogP contribution in [0.3, 0.4) is 0 Å². The van der Waals surface area contributed by atoms with Crippen LogP contribution < -0.4 is 0 Å². The smallest absolute Gasteiger partial charge is 0.339 e. The Hall–Kier alpha value is -0.570. The summed E-state index contributed by atoms with van der Waals surface area (Å²) >= 11 is 6.02. The van der Waals surface area contributed by atoms with Crippen LogP contribution >= 0.6 is 59.8 Å². The first-order valence-electron chi connectivity index (χ1n) is 7.58. The van der Waals surface area contributed by atoms with E-state index in [-0.39, 0.29) is 11.1 Å². The van der Waals surface area contributed by atoms with Gasteiger partial charge in [-0.25, -0.2) is 18.4 Å². The fraction of sp³-hybridized carbons (Fsp3) is 0.222. The molecular weight excluding hydrogens is 699 g/mol. The third-order valence-corrected chi connectivity index (χ3v) is 3.88. The quantitative estimate of drug-likeness (QED) is 0.273. The number of rotatable bonds is 4. The molecule has 0 unspecified atom stereocenters. The summed E-state index contributed by atoms with van der Waals surface area (Å²) in [4.78, 5) is 22.2. The highest BCUT2D eigenvalue weighted by Gasteiger charge is 2.13. The molecule has 2 rings (SSSR count). The molecule has 0 amide bonds. The molecule has 0 fully saturated rings. The minimum Gasteiger partial charge on any atom is -0.462 e. The second kappa shape index (κ2) is 15.4. The van der Waals surface area contributed by atoms with Crippen molar-refractivity contribution in [2.45, 2.75) is 13.8 Å². The molecule has 2 aromatic rings. The Kier molecular flexibility index (Phi) is 15.0. The summed E-state index contributed by atoms with van der Waals surface area (Å²) in [5, 5.41) is 0. The van der Waals surface area contributed by atoms with Crippen molar-refractivity contribution in [3.63, 3.8) is 0 Å². The lowest BCUT2D eigenvalue weighted by atomic mass is 10.2. The molecule has 0 radical (unpaired) electrons. The molecule has 4 nitrogen and oxygen atoms in total. The zero-order valence-corrected chi connectivity index (χ0v) is 21.0. The number of ether oxygens (including phenoxy) is 2. The van der Waals surface area contributed by atoms with Gasteiger partial charge in [0.15, 0.2) is 0 Å². The first-order valence-corrected chi connectivity index (χ1v) is 14.9. The topological polar surface area (TPSA) is 52.6 Å². The van der Waals surface area contributed by atoms with Crippen molar-refractivity contribution < 1.29 is 27.8 Å². The molecule has 9 heteroatoms. The van der Waals surface area contributed by atoms with Crippen molar-refractivity contribution in [2.24, 2.45) is 0 Å². The molecule has 2 aromatic carbocycles. The van der Waals surface area contributed by atoms with Crippen LogP contribution in [0.2, 0.25) is 0 Å². The number of esters is 2. The van der Waals surface area contributed by atoms with Crippen molar-refractivity contribution in [3.05, 3.63) is 68.8 Å². The van der Waals surface area contributed by atoms with Crippen molar-refractivity contribution in [2.75, 3.05) is 13.2 Å². The average molecular weight is 716 g/mol. The van der Waals surface area contributed by atoms with Crippen molar-refractivity contribution in [1.82, 2.24) is 0 Å². The Labute approximate surface area is 193 Å². The first-order chi connectivity index (χ1) is 12.9. The molecule has 0 spiro atoms. The fourth-order valence-electron chi connectivity index (χ4n) is 1.70. The molecule has 148 valence electrons. The molecule has 0 aliphatic rings.